The van der Waals surface area contributed by atoms with E-state index in [2.05, 4.69) is 28.9 Å². The molecule has 1 aliphatic heterocycles. The quantitative estimate of drug-likeness (QED) is 0.376. The van der Waals surface area contributed by atoms with Gasteiger partial charge in [-0.25, -0.2) is 4.39 Å². The first-order chi connectivity index (χ1) is 9.51. The van der Waals surface area contributed by atoms with Crippen molar-refractivity contribution in [3.8, 4) is 0 Å². The highest BCUT2D eigenvalue weighted by atomic mass is 19.1. The zero-order valence-corrected chi connectivity index (χ0v) is 11.9. The molecular weight excluding hydrogens is 259 g/mol. The number of amidine groups is 1. The van der Waals surface area contributed by atoms with Gasteiger partial charge in [0.15, 0.2) is 5.84 Å². The fraction of sp³-hybridized carbons (Fsp3) is 0.500. The molecule has 110 valence electrons. The first-order valence-electron chi connectivity index (χ1n) is 6.70. The van der Waals surface area contributed by atoms with E-state index in [9.17, 15) is 4.39 Å². The lowest BCUT2D eigenvalue weighted by atomic mass is 10.1. The molecule has 0 radical (unpaired) electrons. The molecule has 1 fully saturated rings. The van der Waals surface area contributed by atoms with E-state index in [0.29, 0.717) is 23.7 Å². The lowest BCUT2D eigenvalue weighted by Crippen LogP contribution is -2.49. The van der Waals surface area contributed by atoms with E-state index in [1.54, 1.807) is 12.1 Å². The van der Waals surface area contributed by atoms with E-state index in [-0.39, 0.29) is 11.7 Å². The van der Waals surface area contributed by atoms with Gasteiger partial charge >= 0.3 is 0 Å². The van der Waals surface area contributed by atoms with Crippen LogP contribution < -0.4 is 5.73 Å². The Morgan fingerprint density at radius 3 is 2.85 bits per heavy atom. The minimum atomic E-state index is -0.319. The lowest BCUT2D eigenvalue weighted by Gasteiger charge is -2.37. The van der Waals surface area contributed by atoms with Crippen molar-refractivity contribution < 1.29 is 9.60 Å². The first-order valence-corrected chi connectivity index (χ1v) is 6.70. The Morgan fingerprint density at radius 2 is 2.25 bits per heavy atom. The van der Waals surface area contributed by atoms with Gasteiger partial charge in [0.1, 0.15) is 5.82 Å². The maximum absolute atomic E-state index is 14.0. The number of nitrogens with two attached hydrogens (primary N) is 1. The Balaban J connectivity index is 2.07. The summed E-state index contributed by atoms with van der Waals surface area (Å²) >= 11 is 0. The van der Waals surface area contributed by atoms with E-state index in [1.807, 2.05) is 0 Å². The Kier molecular flexibility index (Phi) is 4.57. The SMILES string of the molecule is CC1CN(Cc2ccc(C(N)=NO)cc2F)CCN1C. The van der Waals surface area contributed by atoms with E-state index in [0.717, 1.165) is 19.6 Å². The van der Waals surface area contributed by atoms with E-state index >= 15 is 0 Å². The molecule has 1 unspecified atom stereocenters. The number of hydrogen-bond acceptors (Lipinski definition) is 4. The van der Waals surface area contributed by atoms with Crippen LogP contribution in [0.25, 0.3) is 0 Å². The molecule has 0 aliphatic carbocycles. The van der Waals surface area contributed by atoms with Crippen molar-refractivity contribution in [2.45, 2.75) is 19.5 Å². The molecule has 2 rings (SSSR count). The third-order valence-corrected chi connectivity index (χ3v) is 3.89. The molecule has 1 atom stereocenters. The Bertz CT molecular complexity index is 506. The average molecular weight is 280 g/mol. The van der Waals surface area contributed by atoms with Crippen molar-refractivity contribution in [1.82, 2.24) is 9.80 Å². The Morgan fingerprint density at radius 1 is 1.50 bits per heavy atom. The van der Waals surface area contributed by atoms with Gasteiger partial charge < -0.3 is 15.8 Å². The van der Waals surface area contributed by atoms with Crippen LogP contribution >= 0.6 is 0 Å². The summed E-state index contributed by atoms with van der Waals surface area (Å²) in [5.41, 5.74) is 6.47. The molecule has 0 aromatic heterocycles. The number of hydrogen-bond donors (Lipinski definition) is 2. The van der Waals surface area contributed by atoms with Crippen LogP contribution in [0.2, 0.25) is 0 Å². The van der Waals surface area contributed by atoms with E-state index in [4.69, 9.17) is 10.9 Å². The monoisotopic (exact) mass is 280 g/mol. The summed E-state index contributed by atoms with van der Waals surface area (Å²) < 4.78 is 14.0. The molecule has 3 N–H and O–H groups in total. The number of oxime groups is 1. The van der Waals surface area contributed by atoms with Crippen LogP contribution in [0.4, 0.5) is 4.39 Å². The molecule has 1 aromatic rings. The van der Waals surface area contributed by atoms with Gasteiger partial charge in [-0.1, -0.05) is 17.3 Å². The zero-order valence-electron chi connectivity index (χ0n) is 11.9. The highest BCUT2D eigenvalue weighted by Crippen LogP contribution is 2.15. The van der Waals surface area contributed by atoms with Crippen LogP contribution in [0, 0.1) is 5.82 Å². The molecule has 5 nitrogen and oxygen atoms in total. The minimum absolute atomic E-state index is 0.0799. The van der Waals surface area contributed by atoms with Gasteiger partial charge in [-0.05, 0) is 20.0 Å². The summed E-state index contributed by atoms with van der Waals surface area (Å²) in [6.07, 6.45) is 0. The molecule has 0 saturated carbocycles. The van der Waals surface area contributed by atoms with Crippen LogP contribution in [0.3, 0.4) is 0 Å². The normalized spacial score (nSPS) is 22.1. The smallest absolute Gasteiger partial charge is 0.170 e. The van der Waals surface area contributed by atoms with Gasteiger partial charge in [-0.15, -0.1) is 0 Å². The number of piperazine rings is 1. The van der Waals surface area contributed by atoms with Crippen molar-refractivity contribution in [1.29, 1.82) is 0 Å². The number of likely N-dealkylation sites (N-methyl/N-ethyl adjacent to an activating group) is 1. The van der Waals surface area contributed by atoms with Crippen molar-refractivity contribution in [3.05, 3.63) is 35.1 Å². The van der Waals surface area contributed by atoms with Crippen molar-refractivity contribution in [3.63, 3.8) is 0 Å². The van der Waals surface area contributed by atoms with Crippen molar-refractivity contribution >= 4 is 5.84 Å². The van der Waals surface area contributed by atoms with E-state index < -0.39 is 0 Å². The second kappa shape index (κ2) is 6.19. The summed E-state index contributed by atoms with van der Waals surface area (Å²) in [6.45, 7) is 5.61. The molecule has 6 heteroatoms. The Hall–Kier alpha value is -1.66. The molecule has 0 spiro atoms. The van der Waals surface area contributed by atoms with Gasteiger partial charge in [0.2, 0.25) is 0 Å². The molecule has 0 bridgehead atoms. The fourth-order valence-corrected chi connectivity index (χ4v) is 2.40. The van der Waals surface area contributed by atoms with E-state index in [1.165, 1.54) is 6.07 Å². The summed E-state index contributed by atoms with van der Waals surface area (Å²) in [5.74, 6) is -0.399. The molecule has 1 aromatic carbocycles. The largest absolute Gasteiger partial charge is 0.409 e. The molecular formula is C14H21FN4O. The maximum atomic E-state index is 14.0. The van der Waals surface area contributed by atoms with Crippen molar-refractivity contribution in [2.24, 2.45) is 10.9 Å². The highest BCUT2D eigenvalue weighted by molar-refractivity contribution is 5.97. The number of rotatable bonds is 3. The van der Waals surface area contributed by atoms with Crippen molar-refractivity contribution in [2.75, 3.05) is 26.7 Å². The highest BCUT2D eigenvalue weighted by Gasteiger charge is 2.21. The number of halogens is 1. The lowest BCUT2D eigenvalue weighted by molar-refractivity contribution is 0.0991. The number of nitrogens with zero attached hydrogens (tertiary/aromatic N) is 3. The first kappa shape index (κ1) is 14.7. The van der Waals surface area contributed by atoms with Gasteiger partial charge in [-0.2, -0.15) is 0 Å². The fourth-order valence-electron chi connectivity index (χ4n) is 2.40. The van der Waals surface area contributed by atoms with Gasteiger partial charge in [0, 0.05) is 43.3 Å². The minimum Gasteiger partial charge on any atom is -0.409 e. The van der Waals surface area contributed by atoms with Crippen LogP contribution in [-0.4, -0.2) is 53.6 Å². The summed E-state index contributed by atoms with van der Waals surface area (Å²) in [6, 6.07) is 5.16. The molecule has 0 amide bonds. The zero-order chi connectivity index (χ0) is 14.7. The standard InChI is InChI=1S/C14H21FN4O/c1-10-8-19(6-5-18(10)2)9-12-4-3-11(7-13(12)15)14(16)17-20/h3-4,7,10,20H,5-6,8-9H2,1-2H3,(H2,16,17). The molecule has 1 saturated heterocycles. The van der Waals surface area contributed by atoms with Crippen LogP contribution in [0.1, 0.15) is 18.1 Å². The second-order valence-electron chi connectivity index (χ2n) is 5.36. The Labute approximate surface area is 118 Å². The third kappa shape index (κ3) is 3.26. The maximum Gasteiger partial charge on any atom is 0.170 e. The third-order valence-electron chi connectivity index (χ3n) is 3.89. The topological polar surface area (TPSA) is 65.1 Å². The summed E-state index contributed by atoms with van der Waals surface area (Å²) in [4.78, 5) is 4.54. The van der Waals surface area contributed by atoms with Gasteiger partial charge in [-0.3, -0.25) is 4.90 Å². The second-order valence-corrected chi connectivity index (χ2v) is 5.36. The predicted octanol–water partition coefficient (Wildman–Crippen LogP) is 1.06. The van der Waals surface area contributed by atoms with Gasteiger partial charge in [0.25, 0.3) is 0 Å². The van der Waals surface area contributed by atoms with Crippen LogP contribution in [0.5, 0.6) is 0 Å². The van der Waals surface area contributed by atoms with Crippen LogP contribution in [0.15, 0.2) is 23.4 Å². The van der Waals surface area contributed by atoms with Crippen LogP contribution in [-0.2, 0) is 6.54 Å². The average Bonchev–Trinajstić information content (AvgIpc) is 2.44. The van der Waals surface area contributed by atoms with Gasteiger partial charge in [0.05, 0.1) is 0 Å². The number of benzene rings is 1. The molecule has 1 heterocycles. The molecule has 20 heavy (non-hydrogen) atoms. The predicted molar refractivity (Wildman–Crippen MR) is 76.3 cm³/mol. The molecule has 1 aliphatic rings. The summed E-state index contributed by atoms with van der Waals surface area (Å²) in [5, 5.41) is 11.5. The summed E-state index contributed by atoms with van der Waals surface area (Å²) in [7, 11) is 2.11.